The number of morpholine rings is 1. The van der Waals surface area contributed by atoms with E-state index in [1.165, 1.54) is 4.57 Å². The van der Waals surface area contributed by atoms with E-state index in [1.807, 2.05) is 11.0 Å². The first-order valence-corrected chi connectivity index (χ1v) is 14.7. The minimum absolute atomic E-state index is 0.0695. The van der Waals surface area contributed by atoms with E-state index in [2.05, 4.69) is 27.6 Å². The highest BCUT2D eigenvalue weighted by atomic mass is 19.3. The molecule has 1 amide bonds. The number of rotatable bonds is 7. The summed E-state index contributed by atoms with van der Waals surface area (Å²) in [6.07, 6.45) is 2.75. The molecule has 220 valence electrons. The molecule has 2 saturated heterocycles. The lowest BCUT2D eigenvalue weighted by molar-refractivity contribution is -0.127. The number of hydrogen-bond acceptors (Lipinski definition) is 8. The Hall–Kier alpha value is -3.38. The number of benzene rings is 1. The van der Waals surface area contributed by atoms with E-state index in [1.54, 1.807) is 24.3 Å². The SMILES string of the molecule is CN1CCC[C@H](C(=O)NC2CCC(Nc3cc(-n4c(C(F)F)nc5ccccc54)nc(N4CCOCC4)n3)CC2)C1. The number of piperidine rings is 1. The van der Waals surface area contributed by atoms with Crippen molar-refractivity contribution in [2.24, 2.45) is 5.92 Å². The van der Waals surface area contributed by atoms with Crippen LogP contribution < -0.4 is 15.5 Å². The third-order valence-electron chi connectivity index (χ3n) is 8.43. The molecule has 0 radical (unpaired) electrons. The van der Waals surface area contributed by atoms with E-state index in [-0.39, 0.29) is 29.7 Å². The van der Waals surface area contributed by atoms with Crippen molar-refractivity contribution in [3.05, 3.63) is 36.2 Å². The summed E-state index contributed by atoms with van der Waals surface area (Å²) in [7, 11) is 2.07. The molecule has 1 atom stereocenters. The zero-order valence-corrected chi connectivity index (χ0v) is 23.4. The van der Waals surface area contributed by atoms with Gasteiger partial charge in [-0.3, -0.25) is 9.36 Å². The summed E-state index contributed by atoms with van der Waals surface area (Å²) >= 11 is 0. The monoisotopic (exact) mass is 568 g/mol. The van der Waals surface area contributed by atoms with Gasteiger partial charge in [-0.2, -0.15) is 9.97 Å². The van der Waals surface area contributed by atoms with E-state index < -0.39 is 6.43 Å². The number of nitrogens with one attached hydrogen (secondary N) is 2. The highest BCUT2D eigenvalue weighted by molar-refractivity contribution is 5.79. The van der Waals surface area contributed by atoms with Crippen LogP contribution in [0.15, 0.2) is 30.3 Å². The fourth-order valence-electron chi connectivity index (χ4n) is 6.24. The van der Waals surface area contributed by atoms with Gasteiger partial charge in [-0.25, -0.2) is 13.8 Å². The van der Waals surface area contributed by atoms with Crippen LogP contribution in [0.3, 0.4) is 0 Å². The van der Waals surface area contributed by atoms with E-state index >= 15 is 0 Å². The van der Waals surface area contributed by atoms with Gasteiger partial charge in [-0.15, -0.1) is 0 Å². The van der Waals surface area contributed by atoms with Gasteiger partial charge in [0.2, 0.25) is 11.9 Å². The number of likely N-dealkylation sites (tertiary alicyclic amines) is 1. The van der Waals surface area contributed by atoms with Gasteiger partial charge in [-0.1, -0.05) is 12.1 Å². The molecular weight excluding hydrogens is 530 g/mol. The van der Waals surface area contributed by atoms with Crippen molar-refractivity contribution in [1.29, 1.82) is 0 Å². The second kappa shape index (κ2) is 12.2. The zero-order valence-electron chi connectivity index (χ0n) is 23.4. The van der Waals surface area contributed by atoms with Crippen LogP contribution in [0.5, 0.6) is 0 Å². The van der Waals surface area contributed by atoms with Crippen LogP contribution in [0.1, 0.15) is 50.8 Å². The standard InChI is InChI=1S/C29H38F2N8O2/c1-37-12-4-5-19(18-37)28(40)33-21-10-8-20(9-11-21)32-24-17-25(36-29(35-24)38-13-15-41-16-14-38)39-23-7-3-2-6-22(23)34-27(39)26(30)31/h2-3,6-7,17,19-21,26H,4-5,8-16,18H2,1H3,(H,33,40)(H,32,35,36)/t19-,20?,21?/m0/s1. The van der Waals surface area contributed by atoms with Gasteiger partial charge in [0.15, 0.2) is 5.82 Å². The number of carbonyl (C=O) groups is 1. The fourth-order valence-corrected chi connectivity index (χ4v) is 6.24. The van der Waals surface area contributed by atoms with E-state index in [0.717, 1.165) is 51.6 Å². The first kappa shape index (κ1) is 27.8. The molecule has 6 rings (SSSR count). The second-order valence-electron chi connectivity index (χ2n) is 11.4. The maximum Gasteiger partial charge on any atom is 0.296 e. The molecule has 2 aromatic heterocycles. The summed E-state index contributed by atoms with van der Waals surface area (Å²) in [5.41, 5.74) is 1.06. The first-order chi connectivity index (χ1) is 19.9. The molecule has 41 heavy (non-hydrogen) atoms. The number of imidazole rings is 1. The van der Waals surface area contributed by atoms with Gasteiger partial charge in [0, 0.05) is 37.8 Å². The Morgan fingerprint density at radius 1 is 1.00 bits per heavy atom. The fraction of sp³-hybridized carbons (Fsp3) is 0.586. The predicted molar refractivity (Wildman–Crippen MR) is 153 cm³/mol. The molecule has 3 fully saturated rings. The molecule has 2 aliphatic heterocycles. The first-order valence-electron chi connectivity index (χ1n) is 14.7. The average molecular weight is 569 g/mol. The third kappa shape index (κ3) is 6.28. The van der Waals surface area contributed by atoms with Crippen molar-refractivity contribution in [2.45, 2.75) is 57.0 Å². The Balaban J connectivity index is 1.20. The number of carbonyl (C=O) groups excluding carboxylic acids is 1. The number of nitrogens with zero attached hydrogens (tertiary/aromatic N) is 6. The quantitative estimate of drug-likeness (QED) is 0.445. The molecule has 1 saturated carbocycles. The normalized spacial score (nSPS) is 24.1. The van der Waals surface area contributed by atoms with Crippen LogP contribution in [-0.4, -0.2) is 88.9 Å². The van der Waals surface area contributed by atoms with Gasteiger partial charge in [0.1, 0.15) is 11.6 Å². The Bertz CT molecular complexity index is 1350. The lowest BCUT2D eigenvalue weighted by Crippen LogP contribution is -2.46. The van der Waals surface area contributed by atoms with Crippen molar-refractivity contribution >= 4 is 28.7 Å². The van der Waals surface area contributed by atoms with Crippen LogP contribution in [0.25, 0.3) is 16.9 Å². The number of alkyl halides is 2. The topological polar surface area (TPSA) is 100 Å². The lowest BCUT2D eigenvalue weighted by Gasteiger charge is -2.33. The van der Waals surface area contributed by atoms with Crippen LogP contribution >= 0.6 is 0 Å². The minimum Gasteiger partial charge on any atom is -0.378 e. The summed E-state index contributed by atoms with van der Waals surface area (Å²) in [6.45, 7) is 4.23. The van der Waals surface area contributed by atoms with Crippen molar-refractivity contribution in [1.82, 2.24) is 29.7 Å². The molecule has 2 N–H and O–H groups in total. The molecule has 1 aromatic carbocycles. The van der Waals surface area contributed by atoms with Crippen molar-refractivity contribution in [2.75, 3.05) is 56.7 Å². The molecule has 1 aliphatic carbocycles. The van der Waals surface area contributed by atoms with Crippen LogP contribution in [0, 0.1) is 5.92 Å². The van der Waals surface area contributed by atoms with E-state index in [4.69, 9.17) is 14.7 Å². The predicted octanol–water partition coefficient (Wildman–Crippen LogP) is 3.77. The smallest absolute Gasteiger partial charge is 0.296 e. The Kier molecular flexibility index (Phi) is 8.29. The maximum atomic E-state index is 14.1. The number of anilines is 2. The number of fused-ring (bicyclic) bond motifs is 1. The lowest BCUT2D eigenvalue weighted by atomic mass is 9.90. The van der Waals surface area contributed by atoms with Crippen molar-refractivity contribution < 1.29 is 18.3 Å². The molecule has 12 heteroatoms. The number of aromatic nitrogens is 4. The molecule has 0 bridgehead atoms. The highest BCUT2D eigenvalue weighted by Gasteiger charge is 2.29. The molecule has 3 aliphatic rings. The molecule has 4 heterocycles. The van der Waals surface area contributed by atoms with Gasteiger partial charge in [-0.05, 0) is 64.3 Å². The number of ether oxygens (including phenoxy) is 1. The summed E-state index contributed by atoms with van der Waals surface area (Å²) in [4.78, 5) is 30.8. The average Bonchev–Trinajstić information content (AvgIpc) is 3.39. The summed E-state index contributed by atoms with van der Waals surface area (Å²) in [5.74, 6) is 1.32. The molecule has 0 unspecified atom stereocenters. The third-order valence-corrected chi connectivity index (χ3v) is 8.43. The Morgan fingerprint density at radius 2 is 1.76 bits per heavy atom. The molecule has 3 aromatic rings. The Morgan fingerprint density at radius 3 is 2.51 bits per heavy atom. The second-order valence-corrected chi connectivity index (χ2v) is 11.4. The van der Waals surface area contributed by atoms with E-state index in [0.29, 0.717) is 54.9 Å². The summed E-state index contributed by atoms with van der Waals surface area (Å²) in [5, 5.41) is 6.84. The van der Waals surface area contributed by atoms with Gasteiger partial charge < -0.3 is 25.2 Å². The maximum absolute atomic E-state index is 14.1. The number of halogens is 2. The zero-order chi connectivity index (χ0) is 28.3. The largest absolute Gasteiger partial charge is 0.378 e. The van der Waals surface area contributed by atoms with Crippen LogP contribution in [-0.2, 0) is 9.53 Å². The summed E-state index contributed by atoms with van der Waals surface area (Å²) in [6, 6.07) is 9.15. The summed E-state index contributed by atoms with van der Waals surface area (Å²) < 4.78 is 35.2. The minimum atomic E-state index is -2.76. The van der Waals surface area contributed by atoms with Gasteiger partial charge in [0.05, 0.1) is 30.2 Å². The van der Waals surface area contributed by atoms with Gasteiger partial charge in [0.25, 0.3) is 6.43 Å². The molecule has 0 spiro atoms. The number of hydrogen-bond donors (Lipinski definition) is 2. The van der Waals surface area contributed by atoms with Gasteiger partial charge >= 0.3 is 0 Å². The van der Waals surface area contributed by atoms with Crippen LogP contribution in [0.2, 0.25) is 0 Å². The van der Waals surface area contributed by atoms with E-state index in [9.17, 15) is 13.6 Å². The molecule has 10 nitrogen and oxygen atoms in total. The molecular formula is C29H38F2N8O2. The van der Waals surface area contributed by atoms with Crippen molar-refractivity contribution in [3.63, 3.8) is 0 Å². The number of amides is 1. The Labute approximate surface area is 238 Å². The number of para-hydroxylation sites is 2. The highest BCUT2D eigenvalue weighted by Crippen LogP contribution is 2.30. The van der Waals surface area contributed by atoms with Crippen molar-refractivity contribution in [3.8, 4) is 5.82 Å². The van der Waals surface area contributed by atoms with Crippen LogP contribution in [0.4, 0.5) is 20.5 Å².